The Hall–Kier alpha value is -2.91. The third kappa shape index (κ3) is 2.87. The first-order valence-electron chi connectivity index (χ1n) is 9.97. The number of aromatic hydroxyl groups is 1. The van der Waals surface area contributed by atoms with Crippen molar-refractivity contribution in [1.82, 2.24) is 14.8 Å². The van der Waals surface area contributed by atoms with Crippen LogP contribution in [-0.2, 0) is 17.7 Å². The van der Waals surface area contributed by atoms with Crippen LogP contribution in [-0.4, -0.2) is 45.3 Å². The van der Waals surface area contributed by atoms with Gasteiger partial charge in [-0.15, -0.1) is 0 Å². The summed E-state index contributed by atoms with van der Waals surface area (Å²) in [7, 11) is 0. The Morgan fingerprint density at radius 1 is 1.39 bits per heavy atom. The molecule has 1 aromatic heterocycles. The van der Waals surface area contributed by atoms with E-state index in [-0.39, 0.29) is 40.5 Å². The molecule has 3 aliphatic heterocycles. The molecular weight excluding hydrogens is 429 g/mol. The molecule has 31 heavy (non-hydrogen) atoms. The number of rotatable bonds is 3. The Balaban J connectivity index is 1.54. The van der Waals surface area contributed by atoms with Gasteiger partial charge in [0, 0.05) is 24.3 Å². The number of aromatic nitrogens is 1. The number of ether oxygens (including phenoxy) is 1. The van der Waals surface area contributed by atoms with Gasteiger partial charge >= 0.3 is 0 Å². The number of pyridine rings is 1. The van der Waals surface area contributed by atoms with E-state index in [1.54, 1.807) is 10.6 Å². The van der Waals surface area contributed by atoms with E-state index in [1.165, 1.54) is 17.0 Å². The van der Waals surface area contributed by atoms with Crippen LogP contribution in [0.25, 0.3) is 0 Å². The van der Waals surface area contributed by atoms with E-state index < -0.39 is 35.0 Å². The summed E-state index contributed by atoms with van der Waals surface area (Å²) in [4.78, 5) is 40.3. The summed E-state index contributed by atoms with van der Waals surface area (Å²) in [6.45, 7) is 2.03. The molecule has 162 valence electrons. The first-order valence-corrected chi connectivity index (χ1v) is 10.3. The molecule has 0 bridgehead atoms. The standard InChI is InChI=1S/C21H19ClFN3O5/c1-9-8-25-20(30)16-18(28)17(27)14(12-5-6-13(26(12)16)21(25)31-9)19(29)24-7-10-3-2-4-11(22)15(10)23/h2-4,9,13,21,28H,5-8H2,1H3,(H,24,29)/t9-,13+,21+/m0/s1. The topological polar surface area (TPSA) is 101 Å². The minimum atomic E-state index is -0.911. The summed E-state index contributed by atoms with van der Waals surface area (Å²) >= 11 is 5.77. The lowest BCUT2D eigenvalue weighted by atomic mass is 10.1. The second-order valence-electron chi connectivity index (χ2n) is 8.01. The molecule has 3 aliphatic rings. The van der Waals surface area contributed by atoms with Crippen molar-refractivity contribution in [3.63, 3.8) is 0 Å². The van der Waals surface area contributed by atoms with Crippen LogP contribution >= 0.6 is 11.6 Å². The third-order valence-corrected chi connectivity index (χ3v) is 6.41. The molecular formula is C21H19ClFN3O5. The van der Waals surface area contributed by atoms with Crippen LogP contribution < -0.4 is 10.7 Å². The number of nitrogens with zero attached hydrogens (tertiary/aromatic N) is 2. The Kier molecular flexibility index (Phi) is 4.56. The molecule has 0 unspecified atom stereocenters. The van der Waals surface area contributed by atoms with Crippen molar-refractivity contribution in [2.45, 2.75) is 44.7 Å². The molecule has 2 amide bonds. The fourth-order valence-electron chi connectivity index (χ4n) is 4.78. The molecule has 10 heteroatoms. The van der Waals surface area contributed by atoms with Gasteiger partial charge in [-0.2, -0.15) is 0 Å². The largest absolute Gasteiger partial charge is 0.503 e. The lowest BCUT2D eigenvalue weighted by Gasteiger charge is -2.36. The van der Waals surface area contributed by atoms with Gasteiger partial charge in [-0.1, -0.05) is 23.7 Å². The second-order valence-corrected chi connectivity index (χ2v) is 8.42. The van der Waals surface area contributed by atoms with E-state index in [9.17, 15) is 23.9 Å². The predicted molar refractivity (Wildman–Crippen MR) is 108 cm³/mol. The molecule has 0 aliphatic carbocycles. The van der Waals surface area contributed by atoms with E-state index in [0.717, 1.165) is 0 Å². The second kappa shape index (κ2) is 7.06. The zero-order valence-electron chi connectivity index (χ0n) is 16.5. The first kappa shape index (κ1) is 20.0. The maximum atomic E-state index is 14.1. The number of nitrogens with one attached hydrogen (secondary N) is 1. The molecule has 0 spiro atoms. The van der Waals surface area contributed by atoms with Crippen LogP contribution in [0.3, 0.4) is 0 Å². The van der Waals surface area contributed by atoms with Crippen molar-refractivity contribution in [3.05, 3.63) is 61.8 Å². The Morgan fingerprint density at radius 2 is 2.16 bits per heavy atom. The number of amides is 2. The fourth-order valence-corrected chi connectivity index (χ4v) is 4.97. The fraction of sp³-hybridized carbons (Fsp3) is 0.381. The lowest BCUT2D eigenvalue weighted by molar-refractivity contribution is -0.0308. The Labute approximate surface area is 181 Å². The van der Waals surface area contributed by atoms with Gasteiger partial charge in [0.05, 0.1) is 17.2 Å². The van der Waals surface area contributed by atoms with Crippen LogP contribution in [0.5, 0.6) is 5.75 Å². The maximum Gasteiger partial charge on any atom is 0.276 e. The Bertz CT molecular complexity index is 1200. The number of hydrogen-bond acceptors (Lipinski definition) is 5. The molecule has 0 radical (unpaired) electrons. The van der Waals surface area contributed by atoms with E-state index in [0.29, 0.717) is 25.1 Å². The highest BCUT2D eigenvalue weighted by Crippen LogP contribution is 2.42. The average Bonchev–Trinajstić information content (AvgIpc) is 3.33. The van der Waals surface area contributed by atoms with Crippen LogP contribution in [0.2, 0.25) is 5.02 Å². The van der Waals surface area contributed by atoms with Gasteiger partial charge in [0.15, 0.2) is 17.7 Å². The molecule has 0 saturated carbocycles. The summed E-state index contributed by atoms with van der Waals surface area (Å²) in [5.41, 5.74) is -0.710. The number of hydrogen-bond donors (Lipinski definition) is 2. The normalized spacial score (nSPS) is 23.6. The molecule has 1 aromatic carbocycles. The maximum absolute atomic E-state index is 14.1. The van der Waals surface area contributed by atoms with E-state index in [1.807, 2.05) is 6.92 Å². The van der Waals surface area contributed by atoms with E-state index in [4.69, 9.17) is 16.3 Å². The number of halogens is 2. The van der Waals surface area contributed by atoms with E-state index in [2.05, 4.69) is 5.32 Å². The van der Waals surface area contributed by atoms with Crippen molar-refractivity contribution < 1.29 is 23.8 Å². The number of benzene rings is 1. The minimum Gasteiger partial charge on any atom is -0.503 e. The quantitative estimate of drug-likeness (QED) is 0.749. The molecule has 4 heterocycles. The van der Waals surface area contributed by atoms with Gasteiger partial charge in [0.2, 0.25) is 5.43 Å². The van der Waals surface area contributed by atoms with Crippen LogP contribution in [0, 0.1) is 5.82 Å². The van der Waals surface area contributed by atoms with Crippen molar-refractivity contribution in [1.29, 1.82) is 0 Å². The minimum absolute atomic E-state index is 0.0754. The average molecular weight is 448 g/mol. The van der Waals surface area contributed by atoms with Crippen molar-refractivity contribution >= 4 is 23.4 Å². The summed E-state index contributed by atoms with van der Waals surface area (Å²) in [6, 6.07) is 4.12. The van der Waals surface area contributed by atoms with Gasteiger partial charge in [0.25, 0.3) is 11.8 Å². The van der Waals surface area contributed by atoms with Gasteiger partial charge in [-0.05, 0) is 25.8 Å². The predicted octanol–water partition coefficient (Wildman–Crippen LogP) is 1.96. The highest BCUT2D eigenvalue weighted by molar-refractivity contribution is 6.30. The number of carbonyl (C=O) groups excluding carboxylic acids is 2. The summed E-state index contributed by atoms with van der Waals surface area (Å²) in [5, 5.41) is 13.0. The van der Waals surface area contributed by atoms with Gasteiger partial charge < -0.3 is 24.6 Å². The van der Waals surface area contributed by atoms with Crippen molar-refractivity contribution in [3.8, 4) is 5.75 Å². The SMILES string of the molecule is C[C@H]1CN2C(=O)c3c(O)c(=O)c(C(=O)NCc4cccc(Cl)c4F)c4n3[C@H](CC4)[C@H]2O1. The van der Waals surface area contributed by atoms with Gasteiger partial charge in [0.1, 0.15) is 11.4 Å². The molecule has 1 fully saturated rings. The molecule has 2 N–H and O–H groups in total. The highest BCUT2D eigenvalue weighted by atomic mass is 35.5. The molecule has 1 saturated heterocycles. The lowest BCUT2D eigenvalue weighted by Crippen LogP contribution is -2.48. The summed E-state index contributed by atoms with van der Waals surface area (Å²) in [5.74, 6) is -2.65. The van der Waals surface area contributed by atoms with Gasteiger partial charge in [-0.25, -0.2) is 4.39 Å². The monoisotopic (exact) mass is 447 g/mol. The smallest absolute Gasteiger partial charge is 0.276 e. The Morgan fingerprint density at radius 3 is 2.94 bits per heavy atom. The zero-order chi connectivity index (χ0) is 22.0. The van der Waals surface area contributed by atoms with Crippen LogP contribution in [0.4, 0.5) is 4.39 Å². The number of carbonyl (C=O) groups is 2. The van der Waals surface area contributed by atoms with E-state index >= 15 is 0 Å². The van der Waals surface area contributed by atoms with Crippen LogP contribution in [0.1, 0.15) is 51.5 Å². The molecule has 2 aromatic rings. The van der Waals surface area contributed by atoms with Crippen molar-refractivity contribution in [2.75, 3.05) is 6.54 Å². The summed E-state index contributed by atoms with van der Waals surface area (Å²) < 4.78 is 21.6. The van der Waals surface area contributed by atoms with Gasteiger partial charge in [-0.3, -0.25) is 14.4 Å². The zero-order valence-corrected chi connectivity index (χ0v) is 17.3. The first-order chi connectivity index (χ1) is 14.8. The summed E-state index contributed by atoms with van der Waals surface area (Å²) in [6.07, 6.45) is 0.253. The molecule has 3 atom stereocenters. The number of fused-ring (bicyclic) bond motifs is 2. The van der Waals surface area contributed by atoms with Crippen LogP contribution in [0.15, 0.2) is 23.0 Å². The highest BCUT2D eigenvalue weighted by Gasteiger charge is 2.50. The third-order valence-electron chi connectivity index (χ3n) is 6.12. The molecule has 5 rings (SSSR count). The van der Waals surface area contributed by atoms with Crippen molar-refractivity contribution in [2.24, 2.45) is 0 Å². The molecule has 8 nitrogen and oxygen atoms in total.